The molecule has 1 saturated carbocycles. The summed E-state index contributed by atoms with van der Waals surface area (Å²) >= 11 is 0. The number of hydrogen-bond acceptors (Lipinski definition) is 4. The molecule has 4 nitrogen and oxygen atoms in total. The monoisotopic (exact) mass is 398 g/mol. The van der Waals surface area contributed by atoms with E-state index < -0.39 is 14.4 Å². The summed E-state index contributed by atoms with van der Waals surface area (Å²) in [6.45, 7) is 13.9. The molecule has 5 heteroatoms. The van der Waals surface area contributed by atoms with Gasteiger partial charge < -0.3 is 19.0 Å². The lowest BCUT2D eigenvalue weighted by Crippen LogP contribution is -2.45. The molecule has 2 rings (SSSR count). The van der Waals surface area contributed by atoms with Crippen LogP contribution in [0, 0.1) is 0 Å². The number of aliphatic hydroxyl groups excluding tert-OH is 1. The van der Waals surface area contributed by atoms with Gasteiger partial charge in [0.25, 0.3) is 5.95 Å². The van der Waals surface area contributed by atoms with E-state index in [1.165, 1.54) is 24.8 Å². The zero-order valence-electron chi connectivity index (χ0n) is 18.5. The highest BCUT2D eigenvalue weighted by Crippen LogP contribution is 2.38. The summed E-state index contributed by atoms with van der Waals surface area (Å²) in [7, 11) is -1.86. The van der Waals surface area contributed by atoms with Crippen LogP contribution in [0.5, 0.6) is 0 Å². The Bertz CT molecular complexity index is 487. The van der Waals surface area contributed by atoms with Crippen LogP contribution in [0.25, 0.3) is 0 Å². The molecule has 2 aliphatic rings. The SMILES string of the molecule is CCCCC[C@H](O)[C@H]1OC(=C2CCCCC2)O[C@H]1CO[Si](C)(C)C(C)(C)C. The zero-order chi connectivity index (χ0) is 20.1. The van der Waals surface area contributed by atoms with Gasteiger partial charge in [-0.25, -0.2) is 0 Å². The normalized spacial score (nSPS) is 25.3. The Balaban J connectivity index is 2.07. The summed E-state index contributed by atoms with van der Waals surface area (Å²) in [4.78, 5) is 0. The molecule has 0 bridgehead atoms. The Morgan fingerprint density at radius 2 is 1.78 bits per heavy atom. The van der Waals surface area contributed by atoms with Crippen molar-refractivity contribution in [2.45, 2.75) is 122 Å². The maximum absolute atomic E-state index is 10.8. The Labute approximate surface area is 167 Å². The van der Waals surface area contributed by atoms with Crippen LogP contribution in [0.15, 0.2) is 11.5 Å². The summed E-state index contributed by atoms with van der Waals surface area (Å²) < 4.78 is 18.9. The average molecular weight is 399 g/mol. The maximum Gasteiger partial charge on any atom is 0.279 e. The summed E-state index contributed by atoms with van der Waals surface area (Å²) in [6, 6.07) is 0. The molecule has 0 amide bonds. The van der Waals surface area contributed by atoms with Crippen LogP contribution in [0.1, 0.15) is 85.5 Å². The van der Waals surface area contributed by atoms with Crippen molar-refractivity contribution < 1.29 is 19.0 Å². The summed E-state index contributed by atoms with van der Waals surface area (Å²) in [6.07, 6.45) is 8.90. The van der Waals surface area contributed by atoms with Crippen LogP contribution >= 0.6 is 0 Å². The Hall–Kier alpha value is -0.523. The summed E-state index contributed by atoms with van der Waals surface area (Å²) in [5, 5.41) is 10.9. The first-order valence-electron chi connectivity index (χ1n) is 11.0. The maximum atomic E-state index is 10.8. The van der Waals surface area contributed by atoms with Gasteiger partial charge in [-0.2, -0.15) is 0 Å². The fourth-order valence-corrected chi connectivity index (χ4v) is 4.52. The first-order chi connectivity index (χ1) is 12.7. The minimum Gasteiger partial charge on any atom is -0.456 e. The molecule has 0 radical (unpaired) electrons. The molecule has 0 spiro atoms. The van der Waals surface area contributed by atoms with Gasteiger partial charge >= 0.3 is 0 Å². The summed E-state index contributed by atoms with van der Waals surface area (Å²) in [5.74, 6) is 0.693. The average Bonchev–Trinajstić information content (AvgIpc) is 3.04. The van der Waals surface area contributed by atoms with Gasteiger partial charge in [0, 0.05) is 5.57 Å². The molecule has 1 saturated heterocycles. The van der Waals surface area contributed by atoms with Gasteiger partial charge in [-0.1, -0.05) is 53.4 Å². The zero-order valence-corrected chi connectivity index (χ0v) is 19.5. The van der Waals surface area contributed by atoms with E-state index in [2.05, 4.69) is 40.8 Å². The number of hydrogen-bond donors (Lipinski definition) is 1. The Morgan fingerprint density at radius 3 is 2.37 bits per heavy atom. The van der Waals surface area contributed by atoms with Gasteiger partial charge in [0.15, 0.2) is 20.5 Å². The lowest BCUT2D eigenvalue weighted by atomic mass is 9.96. The molecule has 1 heterocycles. The molecule has 3 atom stereocenters. The van der Waals surface area contributed by atoms with Crippen LogP contribution in [0.3, 0.4) is 0 Å². The lowest BCUT2D eigenvalue weighted by Gasteiger charge is -2.37. The molecule has 0 aromatic rings. The molecule has 0 aromatic carbocycles. The van der Waals surface area contributed by atoms with Crippen molar-refractivity contribution in [2.75, 3.05) is 6.61 Å². The molecule has 27 heavy (non-hydrogen) atoms. The number of unbranched alkanes of at least 4 members (excludes halogenated alkanes) is 2. The largest absolute Gasteiger partial charge is 0.456 e. The fraction of sp³-hybridized carbons (Fsp3) is 0.909. The van der Waals surface area contributed by atoms with E-state index in [0.717, 1.165) is 38.5 Å². The standard InChI is InChI=1S/C22H42O4Si/c1-7-8-10-15-18(23)20-19(16-24-27(5,6)22(2,3)4)25-21(26-20)17-13-11-9-12-14-17/h18-20,23H,7-16H2,1-6H3/t18-,19-,20+/m0/s1. The Kier molecular flexibility index (Phi) is 8.26. The number of aliphatic hydroxyl groups is 1. The summed E-state index contributed by atoms with van der Waals surface area (Å²) in [5.41, 5.74) is 1.29. The van der Waals surface area contributed by atoms with E-state index in [0.29, 0.717) is 12.6 Å². The molecule has 1 aliphatic heterocycles. The molecule has 0 unspecified atom stereocenters. The molecule has 2 fully saturated rings. The number of rotatable bonds is 8. The van der Waals surface area contributed by atoms with Crippen LogP contribution in [0.4, 0.5) is 0 Å². The van der Waals surface area contributed by atoms with Crippen LogP contribution < -0.4 is 0 Å². The number of allylic oxidation sites excluding steroid dienone is 1. The van der Waals surface area contributed by atoms with Gasteiger partial charge in [0.2, 0.25) is 0 Å². The smallest absolute Gasteiger partial charge is 0.279 e. The molecule has 0 aromatic heterocycles. The van der Waals surface area contributed by atoms with E-state index in [-0.39, 0.29) is 17.2 Å². The third-order valence-electron chi connectivity index (χ3n) is 6.51. The number of ether oxygens (including phenoxy) is 2. The van der Waals surface area contributed by atoms with Gasteiger partial charge in [0.1, 0.15) is 0 Å². The highest BCUT2D eigenvalue weighted by molar-refractivity contribution is 6.74. The van der Waals surface area contributed by atoms with Gasteiger partial charge in [0.05, 0.1) is 12.7 Å². The van der Waals surface area contributed by atoms with Gasteiger partial charge in [-0.05, 0) is 50.2 Å². The van der Waals surface area contributed by atoms with Crippen molar-refractivity contribution in [3.8, 4) is 0 Å². The predicted octanol–water partition coefficient (Wildman–Crippen LogP) is 5.91. The molecular weight excluding hydrogens is 356 g/mol. The second kappa shape index (κ2) is 9.79. The van der Waals surface area contributed by atoms with Gasteiger partial charge in [-0.15, -0.1) is 0 Å². The van der Waals surface area contributed by atoms with Crippen molar-refractivity contribution in [1.29, 1.82) is 0 Å². The van der Waals surface area contributed by atoms with Gasteiger partial charge in [-0.3, -0.25) is 0 Å². The molecule has 1 aliphatic carbocycles. The van der Waals surface area contributed by atoms with E-state index in [9.17, 15) is 5.11 Å². The van der Waals surface area contributed by atoms with Crippen molar-refractivity contribution in [2.24, 2.45) is 0 Å². The minimum absolute atomic E-state index is 0.159. The lowest BCUT2D eigenvalue weighted by molar-refractivity contribution is -0.00701. The quantitative estimate of drug-likeness (QED) is 0.408. The van der Waals surface area contributed by atoms with Crippen LogP contribution in [0.2, 0.25) is 18.1 Å². The van der Waals surface area contributed by atoms with Crippen molar-refractivity contribution in [3.05, 3.63) is 11.5 Å². The van der Waals surface area contributed by atoms with E-state index in [4.69, 9.17) is 13.9 Å². The highest BCUT2D eigenvalue weighted by Gasteiger charge is 2.43. The Morgan fingerprint density at radius 1 is 1.11 bits per heavy atom. The van der Waals surface area contributed by atoms with E-state index in [1.54, 1.807) is 0 Å². The second-order valence-corrected chi connectivity index (χ2v) is 14.6. The third kappa shape index (κ3) is 6.23. The second-order valence-electron chi connectivity index (χ2n) is 9.82. The van der Waals surface area contributed by atoms with Crippen molar-refractivity contribution >= 4 is 8.32 Å². The predicted molar refractivity (Wildman–Crippen MR) is 113 cm³/mol. The topological polar surface area (TPSA) is 47.9 Å². The van der Waals surface area contributed by atoms with Crippen LogP contribution in [-0.2, 0) is 13.9 Å². The molecular formula is C22H42O4Si. The van der Waals surface area contributed by atoms with E-state index >= 15 is 0 Å². The van der Waals surface area contributed by atoms with Crippen molar-refractivity contribution in [3.63, 3.8) is 0 Å². The first-order valence-corrected chi connectivity index (χ1v) is 13.9. The van der Waals surface area contributed by atoms with E-state index in [1.807, 2.05) is 0 Å². The third-order valence-corrected chi connectivity index (χ3v) is 11.0. The first kappa shape index (κ1) is 22.8. The fourth-order valence-electron chi connectivity index (χ4n) is 3.51. The highest BCUT2D eigenvalue weighted by atomic mass is 28.4. The minimum atomic E-state index is -1.86. The van der Waals surface area contributed by atoms with Crippen LogP contribution in [-0.4, -0.2) is 38.3 Å². The molecule has 1 N–H and O–H groups in total. The molecule has 158 valence electrons. The van der Waals surface area contributed by atoms with Crippen molar-refractivity contribution in [1.82, 2.24) is 0 Å².